The third-order valence-electron chi connectivity index (χ3n) is 5.61. The van der Waals surface area contributed by atoms with Crippen LogP contribution in [0.2, 0.25) is 0 Å². The van der Waals surface area contributed by atoms with Gasteiger partial charge in [0.25, 0.3) is 5.91 Å². The van der Waals surface area contributed by atoms with Crippen molar-refractivity contribution in [3.63, 3.8) is 0 Å². The van der Waals surface area contributed by atoms with Crippen LogP contribution in [0.1, 0.15) is 34.1 Å². The van der Waals surface area contributed by atoms with E-state index in [0.29, 0.717) is 46.7 Å². The predicted molar refractivity (Wildman–Crippen MR) is 118 cm³/mol. The lowest BCUT2D eigenvalue weighted by Gasteiger charge is -2.12. The van der Waals surface area contributed by atoms with Gasteiger partial charge in [0.15, 0.2) is 21.2 Å². The summed E-state index contributed by atoms with van der Waals surface area (Å²) in [5.41, 5.74) is 2.93. The lowest BCUT2D eigenvalue weighted by molar-refractivity contribution is 0.0952. The number of carbonyl (C=O) groups is 1. The Labute approximate surface area is 184 Å². The van der Waals surface area contributed by atoms with Gasteiger partial charge in [0.2, 0.25) is 0 Å². The summed E-state index contributed by atoms with van der Waals surface area (Å²) in [6.45, 7) is 2.14. The molecule has 164 valence electrons. The molecule has 0 saturated carbocycles. The van der Waals surface area contributed by atoms with Crippen LogP contribution in [-0.4, -0.2) is 45.6 Å². The van der Waals surface area contributed by atoms with Crippen molar-refractivity contribution >= 4 is 26.8 Å². The second kappa shape index (κ2) is 7.86. The van der Waals surface area contributed by atoms with E-state index in [2.05, 4.69) is 15.4 Å². The van der Waals surface area contributed by atoms with Crippen molar-refractivity contribution in [2.75, 3.05) is 11.5 Å². The lowest BCUT2D eigenvalue weighted by atomic mass is 10.1. The van der Waals surface area contributed by atoms with Gasteiger partial charge < -0.3 is 9.73 Å². The van der Waals surface area contributed by atoms with E-state index in [9.17, 15) is 13.2 Å². The number of sulfone groups is 1. The Bertz CT molecular complexity index is 1400. The molecule has 0 aliphatic carbocycles. The summed E-state index contributed by atoms with van der Waals surface area (Å²) in [6.07, 6.45) is 5.35. The molecule has 0 radical (unpaired) electrons. The highest BCUT2D eigenvalue weighted by atomic mass is 32.2. The van der Waals surface area contributed by atoms with Crippen LogP contribution < -0.4 is 5.32 Å². The maximum absolute atomic E-state index is 13.2. The van der Waals surface area contributed by atoms with E-state index in [0.717, 1.165) is 5.56 Å². The Morgan fingerprint density at radius 1 is 1.28 bits per heavy atom. The molecule has 1 N–H and O–H groups in total. The monoisotopic (exact) mass is 451 g/mol. The van der Waals surface area contributed by atoms with E-state index in [1.807, 2.05) is 12.1 Å². The van der Waals surface area contributed by atoms with Gasteiger partial charge in [0, 0.05) is 18.9 Å². The number of aryl methyl sites for hydroxylation is 1. The normalized spacial score (nSPS) is 17.6. The minimum absolute atomic E-state index is 0.0133. The highest BCUT2D eigenvalue weighted by Gasteiger charge is 2.32. The average Bonchev–Trinajstić information content (AvgIpc) is 3.51. The Kier molecular flexibility index (Phi) is 5.01. The number of pyridine rings is 2. The van der Waals surface area contributed by atoms with Gasteiger partial charge in [-0.3, -0.25) is 9.78 Å². The van der Waals surface area contributed by atoms with Gasteiger partial charge in [0.05, 0.1) is 40.5 Å². The van der Waals surface area contributed by atoms with Crippen molar-refractivity contribution in [1.82, 2.24) is 25.1 Å². The maximum atomic E-state index is 13.2. The molecule has 0 spiro atoms. The molecule has 5 rings (SSSR count). The quantitative estimate of drug-likeness (QED) is 0.495. The van der Waals surface area contributed by atoms with Crippen LogP contribution in [0.15, 0.2) is 53.4 Å². The summed E-state index contributed by atoms with van der Waals surface area (Å²) in [6, 6.07) is 8.55. The fourth-order valence-corrected chi connectivity index (χ4v) is 5.74. The summed E-state index contributed by atoms with van der Waals surface area (Å²) in [5, 5.41) is 8.14. The zero-order valence-electron chi connectivity index (χ0n) is 17.4. The van der Waals surface area contributed by atoms with Crippen LogP contribution in [0.25, 0.3) is 22.5 Å². The van der Waals surface area contributed by atoms with Gasteiger partial charge in [-0.1, -0.05) is 0 Å². The van der Waals surface area contributed by atoms with Crippen LogP contribution in [0, 0.1) is 6.92 Å². The van der Waals surface area contributed by atoms with Crippen LogP contribution in [0.4, 0.5) is 0 Å². The van der Waals surface area contributed by atoms with Crippen molar-refractivity contribution in [2.24, 2.45) is 0 Å². The van der Waals surface area contributed by atoms with E-state index in [1.54, 1.807) is 42.2 Å². The molecule has 10 heteroatoms. The third-order valence-corrected chi connectivity index (χ3v) is 7.36. The van der Waals surface area contributed by atoms with Crippen molar-refractivity contribution in [1.29, 1.82) is 0 Å². The number of fused-ring (bicyclic) bond motifs is 1. The number of furan rings is 1. The van der Waals surface area contributed by atoms with Gasteiger partial charge in [0.1, 0.15) is 5.69 Å². The highest BCUT2D eigenvalue weighted by molar-refractivity contribution is 7.91. The van der Waals surface area contributed by atoms with E-state index in [4.69, 9.17) is 9.40 Å². The summed E-state index contributed by atoms with van der Waals surface area (Å²) in [5.74, 6) is 0.373. The number of rotatable bonds is 5. The van der Waals surface area contributed by atoms with E-state index in [1.165, 1.54) is 6.26 Å². The molecule has 1 fully saturated rings. The SMILES string of the molecule is Cc1nn(C2CCS(=O)(=O)C2)c2nc(-c3ccco3)cc(C(=O)NCc3ccncc3)c12. The fourth-order valence-electron chi connectivity index (χ4n) is 4.04. The third kappa shape index (κ3) is 3.77. The minimum Gasteiger partial charge on any atom is -0.463 e. The topological polar surface area (TPSA) is 120 Å². The molecular weight excluding hydrogens is 430 g/mol. The Morgan fingerprint density at radius 2 is 2.09 bits per heavy atom. The minimum atomic E-state index is -3.11. The molecule has 4 aromatic heterocycles. The van der Waals surface area contributed by atoms with Crippen LogP contribution in [0.5, 0.6) is 0 Å². The first kappa shape index (κ1) is 20.4. The summed E-state index contributed by atoms with van der Waals surface area (Å²) in [7, 11) is -3.11. The van der Waals surface area contributed by atoms with Gasteiger partial charge in [-0.05, 0) is 49.2 Å². The number of aromatic nitrogens is 4. The first-order chi connectivity index (χ1) is 15.4. The second-order valence-corrected chi connectivity index (χ2v) is 10.1. The zero-order chi connectivity index (χ0) is 22.3. The molecule has 5 heterocycles. The molecule has 4 aromatic rings. The smallest absolute Gasteiger partial charge is 0.252 e. The second-order valence-electron chi connectivity index (χ2n) is 7.86. The molecule has 1 amide bonds. The highest BCUT2D eigenvalue weighted by Crippen LogP contribution is 2.32. The maximum Gasteiger partial charge on any atom is 0.252 e. The molecule has 1 aliphatic heterocycles. The van der Waals surface area contributed by atoms with Crippen LogP contribution in [0.3, 0.4) is 0 Å². The van der Waals surface area contributed by atoms with Gasteiger partial charge in [-0.25, -0.2) is 18.1 Å². The van der Waals surface area contributed by atoms with Gasteiger partial charge in [-0.15, -0.1) is 0 Å². The molecule has 0 aromatic carbocycles. The van der Waals surface area contributed by atoms with Crippen molar-refractivity contribution < 1.29 is 17.6 Å². The molecule has 0 bridgehead atoms. The number of nitrogens with zero attached hydrogens (tertiary/aromatic N) is 4. The van der Waals surface area contributed by atoms with Crippen molar-refractivity contribution in [2.45, 2.75) is 25.9 Å². The number of nitrogens with one attached hydrogen (secondary N) is 1. The Hall–Kier alpha value is -3.53. The zero-order valence-corrected chi connectivity index (χ0v) is 18.2. The first-order valence-corrected chi connectivity index (χ1v) is 12.0. The first-order valence-electron chi connectivity index (χ1n) is 10.2. The largest absolute Gasteiger partial charge is 0.463 e. The fraction of sp³-hybridized carbons (Fsp3) is 0.273. The number of amides is 1. The lowest BCUT2D eigenvalue weighted by Crippen LogP contribution is -2.23. The summed E-state index contributed by atoms with van der Waals surface area (Å²) in [4.78, 5) is 21.9. The summed E-state index contributed by atoms with van der Waals surface area (Å²) >= 11 is 0. The molecule has 32 heavy (non-hydrogen) atoms. The standard InChI is InChI=1S/C22H21N5O4S/c1-14-20-17(22(28)24-12-15-4-7-23-8-5-15)11-18(19-3-2-9-31-19)25-21(20)27(26-14)16-6-10-32(29,30)13-16/h2-5,7-9,11,16H,6,10,12-13H2,1H3,(H,24,28). The van der Waals surface area contributed by atoms with Gasteiger partial charge in [-0.2, -0.15) is 5.10 Å². The molecule has 1 atom stereocenters. The van der Waals surface area contributed by atoms with E-state index in [-0.39, 0.29) is 23.5 Å². The van der Waals surface area contributed by atoms with E-state index >= 15 is 0 Å². The molecule has 1 unspecified atom stereocenters. The number of hydrogen-bond acceptors (Lipinski definition) is 7. The molecule has 1 aliphatic rings. The van der Waals surface area contributed by atoms with Crippen molar-refractivity contribution in [3.05, 3.63) is 65.8 Å². The Morgan fingerprint density at radius 3 is 2.78 bits per heavy atom. The van der Waals surface area contributed by atoms with Crippen LogP contribution in [-0.2, 0) is 16.4 Å². The molecule has 1 saturated heterocycles. The van der Waals surface area contributed by atoms with E-state index < -0.39 is 9.84 Å². The number of carbonyl (C=O) groups excluding carboxylic acids is 1. The number of hydrogen-bond donors (Lipinski definition) is 1. The van der Waals surface area contributed by atoms with Crippen molar-refractivity contribution in [3.8, 4) is 11.5 Å². The average molecular weight is 452 g/mol. The molecule has 9 nitrogen and oxygen atoms in total. The predicted octanol–water partition coefficient (Wildman–Crippen LogP) is 2.68. The Balaban J connectivity index is 1.60. The van der Waals surface area contributed by atoms with Gasteiger partial charge >= 0.3 is 0 Å². The molecular formula is C22H21N5O4S. The summed E-state index contributed by atoms with van der Waals surface area (Å²) < 4.78 is 31.3. The van der Waals surface area contributed by atoms with Crippen LogP contribution >= 0.6 is 0 Å².